The Hall–Kier alpha value is -3.73. The third-order valence-electron chi connectivity index (χ3n) is 11.7. The highest BCUT2D eigenvalue weighted by Gasteiger charge is 2.44. The van der Waals surface area contributed by atoms with Crippen LogP contribution in [0.3, 0.4) is 0 Å². The summed E-state index contributed by atoms with van der Waals surface area (Å²) in [4.78, 5) is 20.5. The van der Waals surface area contributed by atoms with Gasteiger partial charge in [0.15, 0.2) is 0 Å². The normalized spacial score (nSPS) is 23.4. The standard InChI is InChI=1S/C40H51N5O4S/c1-27(2)43-50(47,48)37-26-31(16-17-36(37)49-4)39(46)44-22-19-40(20-23-44,32-10-6-5-7-11-32)18-21-41-38-29-14-15-30(38)25-33(24-29)45-28(3)42-34-12-8-9-13-35(34)45/h5-13,16-17,26-27,29-30,33,38,41,43H,14-15,18-25H2,1-4H3. The summed E-state index contributed by atoms with van der Waals surface area (Å²) in [7, 11) is -2.41. The second-order valence-corrected chi connectivity index (χ2v) is 16.7. The number of aryl methyl sites for hydroxylation is 1. The number of para-hydroxylation sites is 2. The third-order valence-corrected chi connectivity index (χ3v) is 13.4. The molecule has 9 nitrogen and oxygen atoms in total. The molecule has 2 unspecified atom stereocenters. The summed E-state index contributed by atoms with van der Waals surface area (Å²) in [6.07, 6.45) is 7.67. The molecule has 2 saturated carbocycles. The van der Waals surface area contributed by atoms with Crippen molar-refractivity contribution in [3.05, 3.63) is 89.7 Å². The van der Waals surface area contributed by atoms with Gasteiger partial charge >= 0.3 is 0 Å². The third kappa shape index (κ3) is 6.69. The van der Waals surface area contributed by atoms with Crippen molar-refractivity contribution in [1.82, 2.24) is 24.5 Å². The van der Waals surface area contributed by atoms with Gasteiger partial charge in [-0.25, -0.2) is 18.1 Å². The second kappa shape index (κ2) is 14.1. The zero-order chi connectivity index (χ0) is 35.0. The topological polar surface area (TPSA) is 106 Å². The first-order chi connectivity index (χ1) is 24.1. The first kappa shape index (κ1) is 34.7. The van der Waals surface area contributed by atoms with Crippen LogP contribution in [0.4, 0.5) is 0 Å². The highest BCUT2D eigenvalue weighted by molar-refractivity contribution is 7.89. The number of benzene rings is 3. The van der Waals surface area contributed by atoms with Crippen molar-refractivity contribution in [3.63, 3.8) is 0 Å². The van der Waals surface area contributed by atoms with Gasteiger partial charge in [-0.2, -0.15) is 0 Å². The maximum Gasteiger partial charge on any atom is 0.253 e. The fourth-order valence-corrected chi connectivity index (χ4v) is 10.8. The highest BCUT2D eigenvalue weighted by atomic mass is 32.2. The Morgan fingerprint density at radius 2 is 1.66 bits per heavy atom. The van der Waals surface area contributed by atoms with Crippen LogP contribution in [0.15, 0.2) is 77.7 Å². The molecule has 1 aliphatic heterocycles. The lowest BCUT2D eigenvalue weighted by Gasteiger charge is -2.43. The first-order valence-electron chi connectivity index (χ1n) is 18.3. The Bertz CT molecular complexity index is 1920. The molecule has 1 saturated heterocycles. The average Bonchev–Trinajstić information content (AvgIpc) is 3.57. The maximum absolute atomic E-state index is 13.8. The zero-order valence-electron chi connectivity index (χ0n) is 29.8. The average molecular weight is 698 g/mol. The summed E-state index contributed by atoms with van der Waals surface area (Å²) < 4.78 is 36.6. The molecule has 1 aromatic heterocycles. The first-order valence-corrected chi connectivity index (χ1v) is 19.8. The summed E-state index contributed by atoms with van der Waals surface area (Å²) in [6, 6.07) is 24.8. The number of methoxy groups -OCH3 is 1. The van der Waals surface area contributed by atoms with Crippen molar-refractivity contribution >= 4 is 27.0 Å². The number of amides is 1. The number of hydrogen-bond donors (Lipinski definition) is 2. The quantitative estimate of drug-likeness (QED) is 0.183. The van der Waals surface area contributed by atoms with Crippen LogP contribution in [0.1, 0.15) is 86.6 Å². The Morgan fingerprint density at radius 3 is 2.34 bits per heavy atom. The SMILES string of the molecule is COc1ccc(C(=O)N2CCC(CCNC3C4CCC3CC(n3c(C)nc5ccccc53)C4)(c3ccccc3)CC2)cc1S(=O)(=O)NC(C)C. The monoisotopic (exact) mass is 697 g/mol. The number of ether oxygens (including phenoxy) is 1. The van der Waals surface area contributed by atoms with E-state index in [4.69, 9.17) is 9.72 Å². The van der Waals surface area contributed by atoms with E-state index in [1.165, 1.54) is 49.9 Å². The molecule has 1 amide bonds. The van der Waals surface area contributed by atoms with E-state index in [9.17, 15) is 13.2 Å². The molecule has 0 radical (unpaired) electrons. The largest absolute Gasteiger partial charge is 0.495 e. The molecule has 3 aliphatic rings. The number of carbonyl (C=O) groups is 1. The van der Waals surface area contributed by atoms with Crippen LogP contribution in [-0.4, -0.2) is 67.6 Å². The van der Waals surface area contributed by atoms with E-state index in [2.05, 4.69) is 76.1 Å². The van der Waals surface area contributed by atoms with Gasteiger partial charge < -0.3 is 19.5 Å². The number of imidazole rings is 1. The minimum absolute atomic E-state index is 0.0159. The van der Waals surface area contributed by atoms with Crippen molar-refractivity contribution in [2.24, 2.45) is 11.8 Å². The number of carbonyl (C=O) groups excluding carboxylic acids is 1. The minimum atomic E-state index is -3.85. The molecule has 2 heterocycles. The van der Waals surface area contributed by atoms with Crippen LogP contribution in [0.2, 0.25) is 0 Å². The lowest BCUT2D eigenvalue weighted by atomic mass is 9.70. The molecule has 3 fully saturated rings. The van der Waals surface area contributed by atoms with E-state index in [1.54, 1.807) is 26.0 Å². The smallest absolute Gasteiger partial charge is 0.253 e. The van der Waals surface area contributed by atoms with Gasteiger partial charge in [-0.05, 0) is 125 Å². The predicted molar refractivity (Wildman–Crippen MR) is 197 cm³/mol. The number of aromatic nitrogens is 2. The van der Waals surface area contributed by atoms with Crippen LogP contribution < -0.4 is 14.8 Å². The summed E-state index contributed by atoms with van der Waals surface area (Å²) >= 11 is 0. The molecule has 4 aromatic rings. The van der Waals surface area contributed by atoms with E-state index in [1.807, 2.05) is 4.90 Å². The lowest BCUT2D eigenvalue weighted by molar-refractivity contribution is 0.0656. The van der Waals surface area contributed by atoms with Crippen LogP contribution >= 0.6 is 0 Å². The number of rotatable bonds is 11. The van der Waals surface area contributed by atoms with E-state index in [0.29, 0.717) is 42.6 Å². The molecule has 2 N–H and O–H groups in total. The van der Waals surface area contributed by atoms with E-state index in [-0.39, 0.29) is 28.0 Å². The second-order valence-electron chi connectivity index (χ2n) is 15.1. The van der Waals surface area contributed by atoms with Gasteiger partial charge in [0.2, 0.25) is 10.0 Å². The van der Waals surface area contributed by atoms with E-state index in [0.717, 1.165) is 37.1 Å². The van der Waals surface area contributed by atoms with Crippen LogP contribution in [0.5, 0.6) is 5.75 Å². The van der Waals surface area contributed by atoms with Crippen molar-refractivity contribution in [3.8, 4) is 5.75 Å². The van der Waals surface area contributed by atoms with Crippen molar-refractivity contribution in [2.75, 3.05) is 26.7 Å². The molecular formula is C40H51N5O4S. The Kier molecular flexibility index (Phi) is 9.80. The molecule has 7 rings (SSSR count). The number of likely N-dealkylation sites (tertiary alicyclic amines) is 1. The van der Waals surface area contributed by atoms with Gasteiger partial charge in [0.05, 0.1) is 18.1 Å². The van der Waals surface area contributed by atoms with Crippen molar-refractivity contribution in [1.29, 1.82) is 0 Å². The molecule has 50 heavy (non-hydrogen) atoms. The molecule has 2 atom stereocenters. The highest BCUT2D eigenvalue weighted by Crippen LogP contribution is 2.48. The van der Waals surface area contributed by atoms with Gasteiger partial charge in [0, 0.05) is 36.8 Å². The van der Waals surface area contributed by atoms with Crippen LogP contribution in [-0.2, 0) is 15.4 Å². The van der Waals surface area contributed by atoms with Gasteiger partial charge in [0.1, 0.15) is 16.5 Å². The molecule has 266 valence electrons. The number of nitrogens with zero attached hydrogens (tertiary/aromatic N) is 3. The van der Waals surface area contributed by atoms with Crippen LogP contribution in [0.25, 0.3) is 11.0 Å². The molecule has 2 bridgehead atoms. The fraction of sp³-hybridized carbons (Fsp3) is 0.500. The fourth-order valence-electron chi connectivity index (χ4n) is 9.33. The number of sulfonamides is 1. The summed E-state index contributed by atoms with van der Waals surface area (Å²) in [5.74, 6) is 2.52. The van der Waals surface area contributed by atoms with E-state index >= 15 is 0 Å². The molecule has 10 heteroatoms. The van der Waals surface area contributed by atoms with Crippen molar-refractivity contribution in [2.45, 2.75) is 94.2 Å². The van der Waals surface area contributed by atoms with Gasteiger partial charge in [-0.3, -0.25) is 4.79 Å². The van der Waals surface area contributed by atoms with Crippen molar-refractivity contribution < 1.29 is 17.9 Å². The number of hydrogen-bond acceptors (Lipinski definition) is 6. The number of nitrogens with one attached hydrogen (secondary N) is 2. The number of fused-ring (bicyclic) bond motifs is 3. The molecule has 0 spiro atoms. The summed E-state index contributed by atoms with van der Waals surface area (Å²) in [5.41, 5.74) is 4.01. The number of piperidine rings is 1. The van der Waals surface area contributed by atoms with Gasteiger partial charge in [-0.15, -0.1) is 0 Å². The Morgan fingerprint density at radius 1 is 0.980 bits per heavy atom. The molecule has 2 aliphatic carbocycles. The van der Waals surface area contributed by atoms with Gasteiger partial charge in [-0.1, -0.05) is 42.5 Å². The Balaban J connectivity index is 1.02. The molecule has 3 aromatic carbocycles. The zero-order valence-corrected chi connectivity index (χ0v) is 30.6. The van der Waals surface area contributed by atoms with Crippen LogP contribution in [0, 0.1) is 18.8 Å². The van der Waals surface area contributed by atoms with E-state index < -0.39 is 10.0 Å². The maximum atomic E-state index is 13.8. The minimum Gasteiger partial charge on any atom is -0.495 e. The lowest BCUT2D eigenvalue weighted by Crippen LogP contribution is -2.48. The molecular weight excluding hydrogens is 647 g/mol. The summed E-state index contributed by atoms with van der Waals surface area (Å²) in [6.45, 7) is 7.85. The summed E-state index contributed by atoms with van der Waals surface area (Å²) in [5, 5.41) is 4.07. The Labute approximate surface area is 296 Å². The van der Waals surface area contributed by atoms with Gasteiger partial charge in [0.25, 0.3) is 5.91 Å². The predicted octanol–water partition coefficient (Wildman–Crippen LogP) is 6.62.